The first-order valence-electron chi connectivity index (χ1n) is 6.08. The summed E-state index contributed by atoms with van der Waals surface area (Å²) in [7, 11) is 0. The van der Waals surface area contributed by atoms with Crippen LogP contribution < -0.4 is 15.0 Å². The third kappa shape index (κ3) is 2.62. The fourth-order valence-corrected chi connectivity index (χ4v) is 1.95. The van der Waals surface area contributed by atoms with Gasteiger partial charge in [-0.15, -0.1) is 0 Å². The number of para-hydroxylation sites is 1. The largest absolute Gasteiger partial charge is 0.489 e. The highest BCUT2D eigenvalue weighted by atomic mass is 16.5. The van der Waals surface area contributed by atoms with E-state index in [2.05, 4.69) is 5.32 Å². The number of ether oxygens (including phenoxy) is 1. The molecular formula is C13H16N2O4. The maximum atomic E-state index is 12.1. The van der Waals surface area contributed by atoms with Crippen LogP contribution in [0.3, 0.4) is 0 Å². The number of hydrogen-bond donors (Lipinski definition) is 2. The second kappa shape index (κ2) is 5.17. The van der Waals surface area contributed by atoms with Crippen LogP contribution >= 0.6 is 0 Å². The van der Waals surface area contributed by atoms with E-state index in [-0.39, 0.29) is 30.0 Å². The lowest BCUT2D eigenvalue weighted by Gasteiger charge is -2.30. The standard InChI is InChI=1S/C13H16N2O4/c1-8(2)14-13(18)15-6-7-19-11-9(12(16)17)4-3-5-10(11)15/h3-5,8H,6-7H2,1-2H3,(H,14,18)(H,16,17). The number of anilines is 1. The van der Waals surface area contributed by atoms with Gasteiger partial charge in [-0.25, -0.2) is 9.59 Å². The number of rotatable bonds is 2. The fourth-order valence-electron chi connectivity index (χ4n) is 1.95. The van der Waals surface area contributed by atoms with Crippen LogP contribution in [0, 0.1) is 0 Å². The minimum Gasteiger partial charge on any atom is -0.489 e. The van der Waals surface area contributed by atoms with Crippen LogP contribution in [0.2, 0.25) is 0 Å². The summed E-state index contributed by atoms with van der Waals surface area (Å²) in [5, 5.41) is 11.9. The number of amides is 2. The molecule has 1 aliphatic heterocycles. The van der Waals surface area contributed by atoms with Crippen LogP contribution in [0.25, 0.3) is 0 Å². The molecule has 6 nitrogen and oxygen atoms in total. The zero-order chi connectivity index (χ0) is 14.0. The normalized spacial score (nSPS) is 13.7. The Morgan fingerprint density at radius 2 is 2.16 bits per heavy atom. The summed E-state index contributed by atoms with van der Waals surface area (Å²) in [4.78, 5) is 24.7. The van der Waals surface area contributed by atoms with Gasteiger partial charge in [0.2, 0.25) is 0 Å². The molecule has 0 unspecified atom stereocenters. The zero-order valence-electron chi connectivity index (χ0n) is 10.8. The van der Waals surface area contributed by atoms with Crippen molar-refractivity contribution in [2.75, 3.05) is 18.1 Å². The number of fused-ring (bicyclic) bond motifs is 1. The molecule has 102 valence electrons. The molecule has 0 saturated heterocycles. The topological polar surface area (TPSA) is 78.9 Å². The van der Waals surface area contributed by atoms with E-state index in [1.54, 1.807) is 12.1 Å². The Hall–Kier alpha value is -2.24. The van der Waals surface area contributed by atoms with Crippen LogP contribution in [-0.2, 0) is 0 Å². The molecule has 0 aromatic heterocycles. The second-order valence-corrected chi connectivity index (χ2v) is 4.56. The van der Waals surface area contributed by atoms with E-state index < -0.39 is 5.97 Å². The summed E-state index contributed by atoms with van der Waals surface area (Å²) < 4.78 is 5.40. The predicted molar refractivity (Wildman–Crippen MR) is 69.9 cm³/mol. The third-order valence-corrected chi connectivity index (χ3v) is 2.73. The first-order valence-corrected chi connectivity index (χ1v) is 6.08. The van der Waals surface area contributed by atoms with Crippen LogP contribution in [0.4, 0.5) is 10.5 Å². The van der Waals surface area contributed by atoms with E-state index in [1.807, 2.05) is 13.8 Å². The molecule has 0 saturated carbocycles. The molecule has 1 aliphatic rings. The molecule has 0 spiro atoms. The lowest BCUT2D eigenvalue weighted by molar-refractivity contribution is 0.0692. The van der Waals surface area contributed by atoms with Gasteiger partial charge in [0, 0.05) is 6.04 Å². The number of carbonyl (C=O) groups is 2. The highest BCUT2D eigenvalue weighted by molar-refractivity contribution is 5.99. The summed E-state index contributed by atoms with van der Waals surface area (Å²) in [6.07, 6.45) is 0. The highest BCUT2D eigenvalue weighted by Gasteiger charge is 2.27. The summed E-state index contributed by atoms with van der Waals surface area (Å²) in [6, 6.07) is 4.52. The monoisotopic (exact) mass is 264 g/mol. The van der Waals surface area contributed by atoms with Gasteiger partial charge in [-0.1, -0.05) is 6.07 Å². The maximum absolute atomic E-state index is 12.1. The number of nitrogens with zero attached hydrogens (tertiary/aromatic N) is 1. The summed E-state index contributed by atoms with van der Waals surface area (Å²) in [6.45, 7) is 4.41. The van der Waals surface area contributed by atoms with E-state index in [1.165, 1.54) is 11.0 Å². The van der Waals surface area contributed by atoms with E-state index in [0.717, 1.165) is 0 Å². The van der Waals surface area contributed by atoms with Crippen LogP contribution in [0.5, 0.6) is 5.75 Å². The molecule has 2 amide bonds. The van der Waals surface area contributed by atoms with Crippen molar-refractivity contribution < 1.29 is 19.4 Å². The Balaban J connectivity index is 2.37. The molecule has 0 atom stereocenters. The van der Waals surface area contributed by atoms with Crippen molar-refractivity contribution in [1.29, 1.82) is 0 Å². The second-order valence-electron chi connectivity index (χ2n) is 4.56. The molecule has 0 radical (unpaired) electrons. The summed E-state index contributed by atoms with van der Waals surface area (Å²) >= 11 is 0. The molecule has 1 aromatic rings. The Labute approximate surface area is 111 Å². The molecule has 0 fully saturated rings. The summed E-state index contributed by atoms with van der Waals surface area (Å²) in [5.41, 5.74) is 0.559. The van der Waals surface area contributed by atoms with Gasteiger partial charge >= 0.3 is 12.0 Å². The minimum absolute atomic E-state index is 0.0152. The van der Waals surface area contributed by atoms with Gasteiger partial charge in [0.1, 0.15) is 12.2 Å². The van der Waals surface area contributed by atoms with Gasteiger partial charge in [-0.3, -0.25) is 4.90 Å². The smallest absolute Gasteiger partial charge is 0.339 e. The van der Waals surface area contributed by atoms with Crippen LogP contribution in [-0.4, -0.2) is 36.3 Å². The average Bonchev–Trinajstić information content (AvgIpc) is 2.36. The molecule has 19 heavy (non-hydrogen) atoms. The number of carboxylic acids is 1. The number of urea groups is 1. The minimum atomic E-state index is -1.07. The van der Waals surface area contributed by atoms with Gasteiger partial charge in [-0.05, 0) is 26.0 Å². The molecule has 2 N–H and O–H groups in total. The molecule has 2 rings (SSSR count). The number of nitrogens with one attached hydrogen (secondary N) is 1. The maximum Gasteiger partial charge on any atom is 0.339 e. The van der Waals surface area contributed by atoms with Gasteiger partial charge in [0.25, 0.3) is 0 Å². The van der Waals surface area contributed by atoms with Crippen LogP contribution in [0.15, 0.2) is 18.2 Å². The van der Waals surface area contributed by atoms with E-state index in [9.17, 15) is 9.59 Å². The molecule has 1 aromatic carbocycles. The van der Waals surface area contributed by atoms with Crippen molar-refractivity contribution in [2.45, 2.75) is 19.9 Å². The van der Waals surface area contributed by atoms with Gasteiger partial charge < -0.3 is 15.2 Å². The van der Waals surface area contributed by atoms with Crippen molar-refractivity contribution >= 4 is 17.7 Å². The molecule has 1 heterocycles. The Kier molecular flexibility index (Phi) is 3.59. The molecule has 0 aliphatic carbocycles. The fraction of sp³-hybridized carbons (Fsp3) is 0.385. The van der Waals surface area contributed by atoms with Crippen molar-refractivity contribution in [2.24, 2.45) is 0 Å². The number of carbonyl (C=O) groups excluding carboxylic acids is 1. The Bertz CT molecular complexity index is 513. The molecule has 6 heteroatoms. The predicted octanol–water partition coefficient (Wildman–Crippen LogP) is 1.70. The van der Waals surface area contributed by atoms with Crippen molar-refractivity contribution in [3.05, 3.63) is 23.8 Å². The number of hydrogen-bond acceptors (Lipinski definition) is 3. The lowest BCUT2D eigenvalue weighted by Crippen LogP contribution is -2.46. The number of carboxylic acid groups (broad SMARTS) is 1. The van der Waals surface area contributed by atoms with Crippen molar-refractivity contribution in [1.82, 2.24) is 5.32 Å². The highest BCUT2D eigenvalue weighted by Crippen LogP contribution is 2.34. The number of benzene rings is 1. The van der Waals surface area contributed by atoms with Gasteiger partial charge in [0.15, 0.2) is 5.75 Å². The molecule has 0 bridgehead atoms. The first-order chi connectivity index (χ1) is 9.00. The van der Waals surface area contributed by atoms with Gasteiger partial charge in [0.05, 0.1) is 12.2 Å². The first kappa shape index (κ1) is 13.2. The summed E-state index contributed by atoms with van der Waals surface area (Å²) in [5.74, 6) is -0.817. The van der Waals surface area contributed by atoms with E-state index in [4.69, 9.17) is 9.84 Å². The lowest BCUT2D eigenvalue weighted by atomic mass is 10.1. The van der Waals surface area contributed by atoms with Crippen molar-refractivity contribution in [3.63, 3.8) is 0 Å². The van der Waals surface area contributed by atoms with E-state index in [0.29, 0.717) is 12.2 Å². The number of aromatic carboxylic acids is 1. The van der Waals surface area contributed by atoms with E-state index >= 15 is 0 Å². The SMILES string of the molecule is CC(C)NC(=O)N1CCOc2c(C(=O)O)cccc21. The van der Waals surface area contributed by atoms with Gasteiger partial charge in [-0.2, -0.15) is 0 Å². The molecular weight excluding hydrogens is 248 g/mol. The Morgan fingerprint density at radius 1 is 1.42 bits per heavy atom. The third-order valence-electron chi connectivity index (χ3n) is 2.73. The average molecular weight is 264 g/mol. The van der Waals surface area contributed by atoms with Crippen molar-refractivity contribution in [3.8, 4) is 5.75 Å². The van der Waals surface area contributed by atoms with Crippen LogP contribution in [0.1, 0.15) is 24.2 Å². The zero-order valence-corrected chi connectivity index (χ0v) is 10.8. The quantitative estimate of drug-likeness (QED) is 0.852. The Morgan fingerprint density at radius 3 is 2.79 bits per heavy atom.